The highest BCUT2D eigenvalue weighted by molar-refractivity contribution is 5.91. The summed E-state index contributed by atoms with van der Waals surface area (Å²) >= 11 is 0. The van der Waals surface area contributed by atoms with Gasteiger partial charge in [-0.3, -0.25) is 19.3 Å². The second kappa shape index (κ2) is 13.7. The summed E-state index contributed by atoms with van der Waals surface area (Å²) < 4.78 is 29.3. The van der Waals surface area contributed by atoms with Crippen molar-refractivity contribution in [1.82, 2.24) is 24.5 Å². The molecule has 1 aliphatic carbocycles. The number of halogens is 2. The molecule has 262 valence electrons. The van der Waals surface area contributed by atoms with Gasteiger partial charge in [0.05, 0.1) is 12.0 Å². The monoisotopic (exact) mass is 657 g/mol. The van der Waals surface area contributed by atoms with Crippen molar-refractivity contribution in [2.24, 2.45) is 17.3 Å². The number of hydrogen-bond acceptors (Lipinski definition) is 5. The molecule has 5 rings (SSSR count). The van der Waals surface area contributed by atoms with E-state index in [-0.39, 0.29) is 41.9 Å². The number of likely N-dealkylation sites (tertiary alicyclic amines) is 2. The van der Waals surface area contributed by atoms with Crippen molar-refractivity contribution >= 4 is 17.7 Å². The van der Waals surface area contributed by atoms with Gasteiger partial charge in [-0.1, -0.05) is 33.8 Å². The zero-order chi connectivity index (χ0) is 34.4. The van der Waals surface area contributed by atoms with Gasteiger partial charge in [0.25, 0.3) is 0 Å². The fourth-order valence-corrected chi connectivity index (χ4v) is 8.20. The van der Waals surface area contributed by atoms with Crippen molar-refractivity contribution < 1.29 is 23.2 Å². The van der Waals surface area contributed by atoms with Gasteiger partial charge in [-0.25, -0.2) is 8.78 Å². The molecule has 47 heavy (non-hydrogen) atoms. The topological polar surface area (TPSA) is 67.4 Å². The van der Waals surface area contributed by atoms with Crippen LogP contribution in [-0.4, -0.2) is 119 Å². The number of carbonyl (C=O) groups is 3. The van der Waals surface area contributed by atoms with Gasteiger partial charge in [0, 0.05) is 74.8 Å². The lowest BCUT2D eigenvalue weighted by molar-refractivity contribution is -0.147. The van der Waals surface area contributed by atoms with E-state index >= 15 is 4.39 Å². The molecule has 1 aromatic rings. The van der Waals surface area contributed by atoms with Crippen molar-refractivity contribution in [3.05, 3.63) is 35.4 Å². The van der Waals surface area contributed by atoms with Crippen molar-refractivity contribution in [1.29, 1.82) is 0 Å². The maximum atomic E-state index is 15.3. The molecule has 4 aliphatic rings. The minimum Gasteiger partial charge on any atom is -0.338 e. The Morgan fingerprint density at radius 1 is 0.830 bits per heavy atom. The van der Waals surface area contributed by atoms with E-state index in [1.54, 1.807) is 4.90 Å². The molecule has 0 unspecified atom stereocenters. The third kappa shape index (κ3) is 7.69. The van der Waals surface area contributed by atoms with Crippen LogP contribution in [0.3, 0.4) is 0 Å². The van der Waals surface area contributed by atoms with Crippen LogP contribution in [0.25, 0.3) is 0 Å². The lowest BCUT2D eigenvalue weighted by Crippen LogP contribution is -2.54. The Morgan fingerprint density at radius 2 is 1.47 bits per heavy atom. The van der Waals surface area contributed by atoms with Crippen LogP contribution >= 0.6 is 0 Å². The molecular weight excluding hydrogens is 600 g/mol. The smallest absolute Gasteiger partial charge is 0.245 e. The van der Waals surface area contributed by atoms with E-state index in [0.717, 1.165) is 44.8 Å². The summed E-state index contributed by atoms with van der Waals surface area (Å²) in [7, 11) is 2.04. The Balaban J connectivity index is 1.51. The Hall–Kier alpha value is -2.59. The molecule has 1 saturated carbocycles. The first kappa shape index (κ1) is 35.7. The summed E-state index contributed by atoms with van der Waals surface area (Å²) in [6.07, 6.45) is 4.33. The van der Waals surface area contributed by atoms with Crippen LogP contribution in [0.2, 0.25) is 0 Å². The number of piperazine rings is 1. The highest BCUT2D eigenvalue weighted by Crippen LogP contribution is 2.41. The predicted molar refractivity (Wildman–Crippen MR) is 180 cm³/mol. The van der Waals surface area contributed by atoms with Gasteiger partial charge in [-0.15, -0.1) is 0 Å². The van der Waals surface area contributed by atoms with Crippen molar-refractivity contribution in [2.75, 3.05) is 52.9 Å². The highest BCUT2D eigenvalue weighted by atomic mass is 19.1. The summed E-state index contributed by atoms with van der Waals surface area (Å²) in [5.41, 5.74) is -0.558. The van der Waals surface area contributed by atoms with E-state index in [9.17, 15) is 18.8 Å². The lowest BCUT2D eigenvalue weighted by Gasteiger charge is -2.42. The third-order valence-electron chi connectivity index (χ3n) is 11.3. The summed E-state index contributed by atoms with van der Waals surface area (Å²) in [4.78, 5) is 53.5. The maximum absolute atomic E-state index is 15.3. The number of likely N-dealkylation sites (N-methyl/N-ethyl adjacent to an activating group) is 1. The number of benzene rings is 1. The average Bonchev–Trinajstić information content (AvgIpc) is 3.63. The minimum atomic E-state index is -0.698. The first-order valence-corrected chi connectivity index (χ1v) is 17.8. The van der Waals surface area contributed by atoms with Gasteiger partial charge in [0.2, 0.25) is 17.7 Å². The van der Waals surface area contributed by atoms with E-state index in [4.69, 9.17) is 0 Å². The molecule has 8 nitrogen and oxygen atoms in total. The van der Waals surface area contributed by atoms with Gasteiger partial charge in [-0.2, -0.15) is 0 Å². The first-order chi connectivity index (χ1) is 22.0. The number of rotatable bonds is 5. The Morgan fingerprint density at radius 3 is 2.04 bits per heavy atom. The molecule has 3 aliphatic heterocycles. The lowest BCUT2D eigenvalue weighted by atomic mass is 9.84. The molecule has 4 atom stereocenters. The van der Waals surface area contributed by atoms with Crippen molar-refractivity contribution in [2.45, 2.75) is 110 Å². The molecular formula is C37H57F2N5O3. The van der Waals surface area contributed by atoms with Gasteiger partial charge in [0.15, 0.2) is 0 Å². The van der Waals surface area contributed by atoms with Gasteiger partial charge in [0.1, 0.15) is 17.7 Å². The molecule has 0 radical (unpaired) electrons. The molecule has 0 N–H and O–H groups in total. The third-order valence-corrected chi connectivity index (χ3v) is 11.3. The zero-order valence-corrected chi connectivity index (χ0v) is 29.9. The molecule has 0 bridgehead atoms. The molecule has 10 heteroatoms. The molecule has 4 fully saturated rings. The van der Waals surface area contributed by atoms with E-state index < -0.39 is 34.9 Å². The van der Waals surface area contributed by atoms with E-state index in [2.05, 4.69) is 42.4 Å². The minimum absolute atomic E-state index is 0.0631. The number of carbonyl (C=O) groups excluding carboxylic acids is 3. The molecule has 3 amide bonds. The van der Waals surface area contributed by atoms with E-state index in [1.165, 1.54) is 12.1 Å². The summed E-state index contributed by atoms with van der Waals surface area (Å²) in [6, 6.07) is 2.70. The second-order valence-corrected chi connectivity index (χ2v) is 16.9. The molecule has 0 aromatic heterocycles. The average molecular weight is 658 g/mol. The fourth-order valence-electron chi connectivity index (χ4n) is 8.20. The maximum Gasteiger partial charge on any atom is 0.245 e. The largest absolute Gasteiger partial charge is 0.338 e. The van der Waals surface area contributed by atoms with Gasteiger partial charge >= 0.3 is 0 Å². The van der Waals surface area contributed by atoms with E-state index in [0.29, 0.717) is 44.1 Å². The van der Waals surface area contributed by atoms with Crippen molar-refractivity contribution in [3.8, 4) is 0 Å². The van der Waals surface area contributed by atoms with Crippen molar-refractivity contribution in [3.63, 3.8) is 0 Å². The standard InChI is InChI=1S/C37H57F2N5O3/c1-24-9-12-26(13-10-24)44(35(47)36(2,3)4)27-20-32(34(46)41-17-15-40(8)16-18-41)43(21-27)33(45)30-23-42(37(5,6)7)22-29(30)28-14-11-25(38)19-31(28)39/h11,14,19,24,26-27,29-30,32H,9-10,12-13,15-18,20-23H2,1-8H3/t24?,26?,27-,29-,30-,32-/m0/s1. The molecule has 3 saturated heterocycles. The van der Waals surface area contributed by atoms with Crippen LogP contribution in [0, 0.1) is 28.9 Å². The quantitative estimate of drug-likeness (QED) is 0.448. The SMILES string of the molecule is CC1CCC(N(C(=O)C(C)(C)C)[C@H]2C[C@@H](C(=O)N3CCN(C)CC3)N(C(=O)[C@H]3CN(C(C)(C)C)C[C@H]3c3ccc(F)cc3F)C2)CC1. The van der Waals surface area contributed by atoms with Crippen LogP contribution < -0.4 is 0 Å². The Labute approximate surface area is 280 Å². The second-order valence-electron chi connectivity index (χ2n) is 16.9. The number of amides is 3. The van der Waals surface area contributed by atoms with Crippen LogP contribution in [0.4, 0.5) is 8.78 Å². The predicted octanol–water partition coefficient (Wildman–Crippen LogP) is 4.98. The number of hydrogen-bond donors (Lipinski definition) is 0. The highest BCUT2D eigenvalue weighted by Gasteiger charge is 2.52. The van der Waals surface area contributed by atoms with E-state index in [1.807, 2.05) is 32.7 Å². The summed E-state index contributed by atoms with van der Waals surface area (Å²) in [5, 5.41) is 0. The summed E-state index contributed by atoms with van der Waals surface area (Å²) in [6.45, 7) is 18.2. The van der Waals surface area contributed by atoms with Gasteiger partial charge < -0.3 is 19.6 Å². The molecule has 0 spiro atoms. The molecule has 1 aromatic carbocycles. The Bertz CT molecular complexity index is 1310. The van der Waals surface area contributed by atoms with Crippen LogP contribution in [0.15, 0.2) is 18.2 Å². The first-order valence-electron chi connectivity index (χ1n) is 17.8. The van der Waals surface area contributed by atoms with Crippen LogP contribution in [0.5, 0.6) is 0 Å². The van der Waals surface area contributed by atoms with Gasteiger partial charge in [-0.05, 0) is 77.5 Å². The summed E-state index contributed by atoms with van der Waals surface area (Å²) in [5.74, 6) is -1.98. The fraction of sp³-hybridized carbons (Fsp3) is 0.757. The zero-order valence-electron chi connectivity index (χ0n) is 29.9. The number of nitrogens with zero attached hydrogens (tertiary/aromatic N) is 5. The molecule has 3 heterocycles. The Kier molecular flexibility index (Phi) is 10.4. The van der Waals surface area contributed by atoms with Crippen LogP contribution in [0.1, 0.15) is 92.1 Å². The normalized spacial score (nSPS) is 29.7. The van der Waals surface area contributed by atoms with Crippen LogP contribution in [-0.2, 0) is 14.4 Å².